The number of anilines is 2. The van der Waals surface area contributed by atoms with E-state index in [4.69, 9.17) is 0 Å². The van der Waals surface area contributed by atoms with E-state index < -0.39 is 29.4 Å². The van der Waals surface area contributed by atoms with Gasteiger partial charge in [0, 0.05) is 25.5 Å². The van der Waals surface area contributed by atoms with Crippen LogP contribution in [0.2, 0.25) is 0 Å². The summed E-state index contributed by atoms with van der Waals surface area (Å²) in [5.74, 6) is -0.920. The summed E-state index contributed by atoms with van der Waals surface area (Å²) in [6, 6.07) is 1.33. The highest BCUT2D eigenvalue weighted by molar-refractivity contribution is 6.07. The first-order valence-corrected chi connectivity index (χ1v) is 9.21. The molecular weight excluding hydrogens is 414 g/mol. The van der Waals surface area contributed by atoms with Crippen LogP contribution in [-0.2, 0) is 12.4 Å². The maximum absolute atomic E-state index is 13.2. The number of carbonyl (C=O) groups is 1. The minimum atomic E-state index is -4.73. The summed E-state index contributed by atoms with van der Waals surface area (Å²) in [5, 5.41) is 2.21. The van der Waals surface area contributed by atoms with Crippen molar-refractivity contribution in [2.45, 2.75) is 38.0 Å². The summed E-state index contributed by atoms with van der Waals surface area (Å²) < 4.78 is 78.1. The Morgan fingerprint density at radius 3 is 2.07 bits per heavy atom. The number of rotatable bonds is 3. The van der Waals surface area contributed by atoms with Crippen molar-refractivity contribution in [1.29, 1.82) is 0 Å². The van der Waals surface area contributed by atoms with Crippen molar-refractivity contribution in [1.82, 2.24) is 9.97 Å². The van der Waals surface area contributed by atoms with Gasteiger partial charge in [0.15, 0.2) is 0 Å². The minimum absolute atomic E-state index is 0.0716. The standard InChI is InChI=1S/C19H18F6N4O/c20-18(21,22)12-7-14(11-26-9-12)28-17(30)15-8-13(19(23,24)25)10-27-16(15)29-5-3-1-2-4-6-29/h7-11H,1-6H2,(H,28,30). The zero-order valence-corrected chi connectivity index (χ0v) is 15.6. The Labute approximate surface area is 168 Å². The lowest BCUT2D eigenvalue weighted by molar-refractivity contribution is -0.138. The molecule has 0 aromatic carbocycles. The molecule has 1 aliphatic rings. The Kier molecular flexibility index (Phi) is 6.18. The second kappa shape index (κ2) is 8.49. The molecule has 0 spiro atoms. The highest BCUT2D eigenvalue weighted by Crippen LogP contribution is 2.33. The maximum atomic E-state index is 13.2. The van der Waals surface area contributed by atoms with Crippen LogP contribution < -0.4 is 10.2 Å². The number of pyridine rings is 2. The Balaban J connectivity index is 1.96. The lowest BCUT2D eigenvalue weighted by atomic mass is 10.1. The fourth-order valence-electron chi connectivity index (χ4n) is 3.18. The number of amides is 1. The number of nitrogens with zero attached hydrogens (tertiary/aromatic N) is 3. The van der Waals surface area contributed by atoms with Gasteiger partial charge in [0.25, 0.3) is 5.91 Å². The number of nitrogens with one attached hydrogen (secondary N) is 1. The zero-order valence-electron chi connectivity index (χ0n) is 15.6. The molecule has 0 unspecified atom stereocenters. The first kappa shape index (κ1) is 21.8. The van der Waals surface area contributed by atoms with Gasteiger partial charge in [0.1, 0.15) is 5.82 Å². The van der Waals surface area contributed by atoms with E-state index in [1.807, 2.05) is 0 Å². The Morgan fingerprint density at radius 2 is 1.47 bits per heavy atom. The molecule has 0 bridgehead atoms. The molecule has 0 atom stereocenters. The lowest BCUT2D eigenvalue weighted by Gasteiger charge is -2.24. The molecule has 1 aliphatic heterocycles. The van der Waals surface area contributed by atoms with Crippen LogP contribution in [0.25, 0.3) is 0 Å². The van der Waals surface area contributed by atoms with Gasteiger partial charge >= 0.3 is 12.4 Å². The van der Waals surface area contributed by atoms with E-state index >= 15 is 0 Å². The van der Waals surface area contributed by atoms with Gasteiger partial charge in [-0.25, -0.2) is 4.98 Å². The first-order valence-electron chi connectivity index (χ1n) is 9.21. The maximum Gasteiger partial charge on any atom is 0.417 e. The average molecular weight is 432 g/mol. The molecule has 11 heteroatoms. The van der Waals surface area contributed by atoms with Crippen LogP contribution >= 0.6 is 0 Å². The van der Waals surface area contributed by atoms with E-state index in [0.717, 1.165) is 31.9 Å². The van der Waals surface area contributed by atoms with Crippen molar-refractivity contribution in [2.75, 3.05) is 23.3 Å². The monoisotopic (exact) mass is 432 g/mol. The third-order valence-electron chi connectivity index (χ3n) is 4.67. The lowest BCUT2D eigenvalue weighted by Crippen LogP contribution is -2.29. The molecule has 1 N–H and O–H groups in total. The van der Waals surface area contributed by atoms with Crippen LogP contribution in [0.5, 0.6) is 0 Å². The van der Waals surface area contributed by atoms with Crippen molar-refractivity contribution < 1.29 is 31.1 Å². The van der Waals surface area contributed by atoms with Crippen LogP contribution in [0.3, 0.4) is 0 Å². The summed E-state index contributed by atoms with van der Waals surface area (Å²) in [5.41, 5.74) is -2.85. The number of carbonyl (C=O) groups excluding carboxylic acids is 1. The average Bonchev–Trinajstić information content (AvgIpc) is 2.96. The summed E-state index contributed by atoms with van der Waals surface area (Å²) in [4.78, 5) is 21.8. The van der Waals surface area contributed by atoms with Crippen molar-refractivity contribution in [3.63, 3.8) is 0 Å². The largest absolute Gasteiger partial charge is 0.417 e. The predicted octanol–water partition coefficient (Wildman–Crippen LogP) is 5.15. The Bertz CT molecular complexity index is 905. The van der Waals surface area contributed by atoms with Crippen molar-refractivity contribution in [3.8, 4) is 0 Å². The van der Waals surface area contributed by atoms with E-state index in [1.165, 1.54) is 0 Å². The van der Waals surface area contributed by atoms with E-state index in [2.05, 4.69) is 15.3 Å². The number of aromatic nitrogens is 2. The van der Waals surface area contributed by atoms with Gasteiger partial charge in [-0.2, -0.15) is 26.3 Å². The van der Waals surface area contributed by atoms with Crippen molar-refractivity contribution in [3.05, 3.63) is 47.4 Å². The molecule has 162 valence electrons. The molecule has 1 fully saturated rings. The SMILES string of the molecule is O=C(Nc1cncc(C(F)(F)F)c1)c1cc(C(F)(F)F)cnc1N1CCCCCC1. The highest BCUT2D eigenvalue weighted by atomic mass is 19.4. The Hall–Kier alpha value is -2.85. The topological polar surface area (TPSA) is 58.1 Å². The normalized spacial score (nSPS) is 15.6. The molecule has 3 heterocycles. The minimum Gasteiger partial charge on any atom is -0.356 e. The number of halogens is 6. The van der Waals surface area contributed by atoms with Gasteiger partial charge < -0.3 is 10.2 Å². The molecule has 1 amide bonds. The van der Waals surface area contributed by atoms with Gasteiger partial charge in [0.05, 0.1) is 28.6 Å². The smallest absolute Gasteiger partial charge is 0.356 e. The van der Waals surface area contributed by atoms with Crippen LogP contribution in [0.1, 0.15) is 47.2 Å². The number of alkyl halides is 6. The van der Waals surface area contributed by atoms with E-state index in [9.17, 15) is 31.1 Å². The molecule has 1 saturated heterocycles. The van der Waals surface area contributed by atoms with Gasteiger partial charge in [-0.1, -0.05) is 12.8 Å². The van der Waals surface area contributed by atoms with Gasteiger partial charge in [-0.15, -0.1) is 0 Å². The van der Waals surface area contributed by atoms with Crippen molar-refractivity contribution in [2.24, 2.45) is 0 Å². The summed E-state index contributed by atoms with van der Waals surface area (Å²) in [6.07, 6.45) is -3.68. The highest BCUT2D eigenvalue weighted by Gasteiger charge is 2.34. The van der Waals surface area contributed by atoms with Gasteiger partial charge in [-0.3, -0.25) is 9.78 Å². The molecule has 2 aromatic rings. The molecule has 0 radical (unpaired) electrons. The molecule has 3 rings (SSSR count). The van der Waals surface area contributed by atoms with Crippen LogP contribution in [0.4, 0.5) is 37.8 Å². The number of hydrogen-bond acceptors (Lipinski definition) is 4. The predicted molar refractivity (Wildman–Crippen MR) is 97.1 cm³/mol. The second-order valence-corrected chi connectivity index (χ2v) is 6.91. The molecular formula is C19H18F6N4O. The van der Waals surface area contributed by atoms with Crippen molar-refractivity contribution >= 4 is 17.4 Å². The molecule has 30 heavy (non-hydrogen) atoms. The summed E-state index contributed by atoms with van der Waals surface area (Å²) in [6.45, 7) is 1.04. The fourth-order valence-corrected chi connectivity index (χ4v) is 3.18. The molecule has 0 aliphatic carbocycles. The van der Waals surface area contributed by atoms with Gasteiger partial charge in [-0.05, 0) is 25.0 Å². The number of hydrogen-bond donors (Lipinski definition) is 1. The van der Waals surface area contributed by atoms with Crippen LogP contribution in [0.15, 0.2) is 30.7 Å². The fraction of sp³-hybridized carbons (Fsp3) is 0.421. The van der Waals surface area contributed by atoms with E-state index in [1.54, 1.807) is 4.90 Å². The molecule has 2 aromatic heterocycles. The Morgan fingerprint density at radius 1 is 0.867 bits per heavy atom. The molecule has 5 nitrogen and oxygen atoms in total. The summed E-state index contributed by atoms with van der Waals surface area (Å²) in [7, 11) is 0. The zero-order chi connectivity index (χ0) is 21.9. The van der Waals surface area contributed by atoms with E-state index in [0.29, 0.717) is 37.6 Å². The van der Waals surface area contributed by atoms with Gasteiger partial charge in [0.2, 0.25) is 0 Å². The van der Waals surface area contributed by atoms with E-state index in [-0.39, 0.29) is 17.1 Å². The summed E-state index contributed by atoms with van der Waals surface area (Å²) >= 11 is 0. The van der Waals surface area contributed by atoms with Crippen LogP contribution in [0, 0.1) is 0 Å². The molecule has 0 saturated carbocycles. The third-order valence-corrected chi connectivity index (χ3v) is 4.67. The first-order chi connectivity index (χ1) is 14.1. The quantitative estimate of drug-likeness (QED) is 0.682. The second-order valence-electron chi connectivity index (χ2n) is 6.91. The van der Waals surface area contributed by atoms with Crippen LogP contribution in [-0.4, -0.2) is 29.0 Å². The third kappa shape index (κ3) is 5.19.